The van der Waals surface area contributed by atoms with Crippen molar-refractivity contribution in [3.8, 4) is 0 Å². The summed E-state index contributed by atoms with van der Waals surface area (Å²) in [5.41, 5.74) is 0. The molecule has 0 aromatic heterocycles. The molecule has 1 rings (SSSR count). The number of rotatable bonds is 3. The zero-order valence-corrected chi connectivity index (χ0v) is 8.74. The van der Waals surface area contributed by atoms with Crippen LogP contribution in [0.4, 0.5) is 4.79 Å². The van der Waals surface area contributed by atoms with E-state index in [2.05, 4.69) is 5.32 Å². The number of nitrogens with zero attached hydrogens (tertiary/aromatic N) is 1. The van der Waals surface area contributed by atoms with Crippen LogP contribution in [0.3, 0.4) is 0 Å². The number of carbonyl (C=O) groups excluding carboxylic acids is 2. The van der Waals surface area contributed by atoms with E-state index >= 15 is 0 Å². The van der Waals surface area contributed by atoms with Crippen LogP contribution in [-0.2, 0) is 9.53 Å². The van der Waals surface area contributed by atoms with Crippen LogP contribution < -0.4 is 5.32 Å². The van der Waals surface area contributed by atoms with Crippen LogP contribution in [0.1, 0.15) is 13.8 Å². The number of cyclic esters (lactones) is 1. The third kappa shape index (κ3) is 2.61. The van der Waals surface area contributed by atoms with Crippen molar-refractivity contribution in [2.75, 3.05) is 20.1 Å². The largest absolute Gasteiger partial charge is 0.442 e. The molecule has 1 saturated heterocycles. The second kappa shape index (κ2) is 4.30. The fourth-order valence-electron chi connectivity index (χ4n) is 1.17. The molecule has 2 amide bonds. The van der Waals surface area contributed by atoms with Crippen molar-refractivity contribution in [1.82, 2.24) is 10.2 Å². The molecule has 1 fully saturated rings. The van der Waals surface area contributed by atoms with Gasteiger partial charge < -0.3 is 15.0 Å². The summed E-state index contributed by atoms with van der Waals surface area (Å²) in [7, 11) is 1.67. The number of amides is 2. The maximum atomic E-state index is 11.2. The maximum absolute atomic E-state index is 11.2. The molecule has 0 radical (unpaired) electrons. The average Bonchev–Trinajstić information content (AvgIpc) is 2.42. The van der Waals surface area contributed by atoms with E-state index in [1.54, 1.807) is 7.05 Å². The maximum Gasteiger partial charge on any atom is 0.410 e. The minimum atomic E-state index is -0.325. The topological polar surface area (TPSA) is 58.6 Å². The highest BCUT2D eigenvalue weighted by Crippen LogP contribution is 2.07. The molecule has 0 aliphatic carbocycles. The van der Waals surface area contributed by atoms with Gasteiger partial charge in [-0.05, 0) is 0 Å². The molecule has 1 unspecified atom stereocenters. The Kier molecular flexibility index (Phi) is 3.33. The lowest BCUT2D eigenvalue weighted by molar-refractivity contribution is -0.124. The Morgan fingerprint density at radius 2 is 2.36 bits per heavy atom. The normalized spacial score (nSPS) is 21.3. The summed E-state index contributed by atoms with van der Waals surface area (Å²) in [4.78, 5) is 23.6. The van der Waals surface area contributed by atoms with Gasteiger partial charge in [-0.25, -0.2) is 4.79 Å². The molecule has 5 heteroatoms. The van der Waals surface area contributed by atoms with Gasteiger partial charge in [0.05, 0.1) is 13.1 Å². The molecule has 0 aromatic rings. The van der Waals surface area contributed by atoms with Gasteiger partial charge in [0.15, 0.2) is 0 Å². The molecule has 5 nitrogen and oxygen atoms in total. The zero-order valence-electron chi connectivity index (χ0n) is 8.74. The van der Waals surface area contributed by atoms with Crippen molar-refractivity contribution in [2.24, 2.45) is 5.92 Å². The third-order valence-electron chi connectivity index (χ3n) is 2.08. The Hall–Kier alpha value is -1.26. The first kappa shape index (κ1) is 10.8. The lowest BCUT2D eigenvalue weighted by Crippen LogP contribution is -2.36. The summed E-state index contributed by atoms with van der Waals surface area (Å²) in [5.74, 6) is -0.0552. The summed E-state index contributed by atoms with van der Waals surface area (Å²) in [6.07, 6.45) is -0.538. The molecule has 1 heterocycles. The van der Waals surface area contributed by atoms with E-state index in [0.29, 0.717) is 13.1 Å². The van der Waals surface area contributed by atoms with E-state index < -0.39 is 0 Å². The first-order valence-electron chi connectivity index (χ1n) is 4.70. The van der Waals surface area contributed by atoms with Crippen molar-refractivity contribution in [1.29, 1.82) is 0 Å². The fourth-order valence-corrected chi connectivity index (χ4v) is 1.17. The van der Waals surface area contributed by atoms with Crippen LogP contribution in [0.25, 0.3) is 0 Å². The molecule has 0 saturated carbocycles. The van der Waals surface area contributed by atoms with E-state index in [-0.39, 0.29) is 24.0 Å². The Labute approximate surface area is 83.4 Å². The molecule has 0 spiro atoms. The third-order valence-corrected chi connectivity index (χ3v) is 2.08. The van der Waals surface area contributed by atoms with Gasteiger partial charge in [0.25, 0.3) is 0 Å². The van der Waals surface area contributed by atoms with E-state index in [4.69, 9.17) is 4.74 Å². The lowest BCUT2D eigenvalue weighted by atomic mass is 10.2. The highest BCUT2D eigenvalue weighted by atomic mass is 16.6. The van der Waals surface area contributed by atoms with Crippen LogP contribution in [0.5, 0.6) is 0 Å². The van der Waals surface area contributed by atoms with Crippen molar-refractivity contribution in [2.45, 2.75) is 20.0 Å². The van der Waals surface area contributed by atoms with Crippen LogP contribution in [0, 0.1) is 5.92 Å². The van der Waals surface area contributed by atoms with Gasteiger partial charge >= 0.3 is 6.09 Å². The molecule has 1 aliphatic rings. The minimum absolute atomic E-state index is 0.0180. The number of hydrogen-bond acceptors (Lipinski definition) is 3. The number of carbonyl (C=O) groups is 2. The van der Waals surface area contributed by atoms with Crippen molar-refractivity contribution in [3.05, 3.63) is 0 Å². The molecule has 0 aromatic carbocycles. The van der Waals surface area contributed by atoms with Crippen LogP contribution in [-0.4, -0.2) is 43.1 Å². The van der Waals surface area contributed by atoms with Gasteiger partial charge in [0.1, 0.15) is 6.10 Å². The molecule has 0 bridgehead atoms. The average molecular weight is 200 g/mol. The molecule has 14 heavy (non-hydrogen) atoms. The number of nitrogens with one attached hydrogen (secondary N) is 1. The minimum Gasteiger partial charge on any atom is -0.442 e. The number of ether oxygens (including phenoxy) is 1. The summed E-state index contributed by atoms with van der Waals surface area (Å²) in [6, 6.07) is 0. The zero-order chi connectivity index (χ0) is 10.7. The van der Waals surface area contributed by atoms with Crippen molar-refractivity contribution < 1.29 is 14.3 Å². The predicted molar refractivity (Wildman–Crippen MR) is 50.7 cm³/mol. The second-order valence-corrected chi connectivity index (χ2v) is 3.79. The molecular weight excluding hydrogens is 184 g/mol. The van der Waals surface area contributed by atoms with Crippen LogP contribution >= 0.6 is 0 Å². The molecule has 1 aliphatic heterocycles. The van der Waals surface area contributed by atoms with Crippen molar-refractivity contribution in [3.63, 3.8) is 0 Å². The van der Waals surface area contributed by atoms with Gasteiger partial charge in [-0.1, -0.05) is 13.8 Å². The van der Waals surface area contributed by atoms with Gasteiger partial charge in [-0.3, -0.25) is 4.79 Å². The SMILES string of the molecule is CC(C)C(=O)NCC1CN(C)C(=O)O1. The standard InChI is InChI=1S/C9H16N2O3/c1-6(2)8(12)10-4-7-5-11(3)9(13)14-7/h6-7H,4-5H2,1-3H3,(H,10,12). The lowest BCUT2D eigenvalue weighted by Gasteiger charge is -2.11. The van der Waals surface area contributed by atoms with E-state index in [1.165, 1.54) is 4.90 Å². The Balaban J connectivity index is 2.27. The Bertz CT molecular complexity index is 240. The summed E-state index contributed by atoms with van der Waals surface area (Å²) < 4.78 is 4.98. The molecule has 80 valence electrons. The highest BCUT2D eigenvalue weighted by molar-refractivity contribution is 5.78. The monoisotopic (exact) mass is 200 g/mol. The Morgan fingerprint density at radius 3 is 2.79 bits per heavy atom. The Morgan fingerprint density at radius 1 is 1.71 bits per heavy atom. The summed E-state index contributed by atoms with van der Waals surface area (Å²) in [5, 5.41) is 2.72. The van der Waals surface area contributed by atoms with Crippen LogP contribution in [0.2, 0.25) is 0 Å². The van der Waals surface area contributed by atoms with Gasteiger partial charge in [-0.2, -0.15) is 0 Å². The molecular formula is C9H16N2O3. The second-order valence-electron chi connectivity index (χ2n) is 3.79. The van der Waals surface area contributed by atoms with E-state index in [9.17, 15) is 9.59 Å². The number of likely N-dealkylation sites (N-methyl/N-ethyl adjacent to an activating group) is 1. The smallest absolute Gasteiger partial charge is 0.410 e. The molecule has 1 N–H and O–H groups in total. The molecule has 1 atom stereocenters. The fraction of sp³-hybridized carbons (Fsp3) is 0.778. The van der Waals surface area contributed by atoms with Gasteiger partial charge in [0.2, 0.25) is 5.91 Å². The van der Waals surface area contributed by atoms with Gasteiger partial charge in [0, 0.05) is 13.0 Å². The quantitative estimate of drug-likeness (QED) is 0.708. The predicted octanol–water partition coefficient (Wildman–Crippen LogP) is 0.209. The van der Waals surface area contributed by atoms with Gasteiger partial charge in [-0.15, -0.1) is 0 Å². The summed E-state index contributed by atoms with van der Waals surface area (Å²) in [6.45, 7) is 4.58. The van der Waals surface area contributed by atoms with Crippen LogP contribution in [0.15, 0.2) is 0 Å². The van der Waals surface area contributed by atoms with Crippen molar-refractivity contribution >= 4 is 12.0 Å². The van der Waals surface area contributed by atoms with E-state index in [0.717, 1.165) is 0 Å². The first-order valence-corrected chi connectivity index (χ1v) is 4.70. The first-order chi connectivity index (χ1) is 6.50. The highest BCUT2D eigenvalue weighted by Gasteiger charge is 2.28. The number of hydrogen-bond donors (Lipinski definition) is 1. The van der Waals surface area contributed by atoms with E-state index in [1.807, 2.05) is 13.8 Å². The summed E-state index contributed by atoms with van der Waals surface area (Å²) >= 11 is 0.